The molecule has 3 nitrogen and oxygen atoms in total. The van der Waals surface area contributed by atoms with E-state index < -0.39 is 12.2 Å². The standard InChI is InChI=1S/C8H10F3N3/c1-5-7(11)8(14-4-13-5)12-3-2-6(9)10/h4,6H,2-3H2,1H3,(H,12,13,14). The van der Waals surface area contributed by atoms with Crippen LogP contribution in [0, 0.1) is 12.7 Å². The van der Waals surface area contributed by atoms with Crippen molar-refractivity contribution in [2.45, 2.75) is 19.8 Å². The fourth-order valence-corrected chi connectivity index (χ4v) is 0.881. The van der Waals surface area contributed by atoms with Crippen molar-refractivity contribution >= 4 is 5.82 Å². The van der Waals surface area contributed by atoms with Gasteiger partial charge in [-0.3, -0.25) is 0 Å². The smallest absolute Gasteiger partial charge is 0.240 e. The molecule has 1 rings (SSSR count). The zero-order chi connectivity index (χ0) is 10.6. The van der Waals surface area contributed by atoms with Crippen LogP contribution in [0.3, 0.4) is 0 Å². The Balaban J connectivity index is 2.54. The average molecular weight is 205 g/mol. The molecule has 0 spiro atoms. The summed E-state index contributed by atoms with van der Waals surface area (Å²) in [7, 11) is 0. The third-order valence-electron chi connectivity index (χ3n) is 1.62. The fraction of sp³-hybridized carbons (Fsp3) is 0.500. The van der Waals surface area contributed by atoms with Gasteiger partial charge in [-0.25, -0.2) is 23.1 Å². The lowest BCUT2D eigenvalue weighted by Gasteiger charge is -2.06. The van der Waals surface area contributed by atoms with Crippen LogP contribution in [0.25, 0.3) is 0 Å². The van der Waals surface area contributed by atoms with Gasteiger partial charge in [0.2, 0.25) is 6.43 Å². The number of hydrogen-bond donors (Lipinski definition) is 1. The molecule has 1 heterocycles. The molecule has 0 aliphatic rings. The van der Waals surface area contributed by atoms with E-state index in [9.17, 15) is 13.2 Å². The van der Waals surface area contributed by atoms with E-state index in [4.69, 9.17) is 0 Å². The van der Waals surface area contributed by atoms with E-state index in [0.717, 1.165) is 0 Å². The molecule has 0 bridgehead atoms. The first-order valence-corrected chi connectivity index (χ1v) is 4.10. The van der Waals surface area contributed by atoms with E-state index in [0.29, 0.717) is 0 Å². The SMILES string of the molecule is Cc1ncnc(NCCC(F)F)c1F. The molecule has 0 saturated carbocycles. The van der Waals surface area contributed by atoms with Crippen LogP contribution in [-0.2, 0) is 0 Å². The van der Waals surface area contributed by atoms with Crippen LogP contribution < -0.4 is 5.32 Å². The molecular weight excluding hydrogens is 195 g/mol. The Labute approximate surface area is 79.4 Å². The predicted molar refractivity (Wildman–Crippen MR) is 45.8 cm³/mol. The highest BCUT2D eigenvalue weighted by atomic mass is 19.3. The van der Waals surface area contributed by atoms with Crippen LogP contribution in [0.15, 0.2) is 6.33 Å². The van der Waals surface area contributed by atoms with Crippen molar-refractivity contribution in [2.75, 3.05) is 11.9 Å². The maximum Gasteiger partial charge on any atom is 0.240 e. The molecule has 1 N–H and O–H groups in total. The Morgan fingerprint density at radius 3 is 2.79 bits per heavy atom. The maximum absolute atomic E-state index is 13.2. The molecule has 0 fully saturated rings. The minimum Gasteiger partial charge on any atom is -0.367 e. The average Bonchev–Trinajstić information content (AvgIpc) is 2.12. The van der Waals surface area contributed by atoms with Gasteiger partial charge in [-0.2, -0.15) is 0 Å². The van der Waals surface area contributed by atoms with E-state index in [-0.39, 0.29) is 24.5 Å². The third kappa shape index (κ3) is 2.86. The summed E-state index contributed by atoms with van der Waals surface area (Å²) >= 11 is 0. The Morgan fingerprint density at radius 2 is 2.14 bits per heavy atom. The van der Waals surface area contributed by atoms with Gasteiger partial charge in [-0.15, -0.1) is 0 Å². The number of halogens is 3. The molecule has 0 atom stereocenters. The highest BCUT2D eigenvalue weighted by molar-refractivity contribution is 5.36. The molecule has 0 saturated heterocycles. The van der Waals surface area contributed by atoms with Crippen molar-refractivity contribution in [3.8, 4) is 0 Å². The zero-order valence-corrected chi connectivity index (χ0v) is 7.60. The highest BCUT2D eigenvalue weighted by Gasteiger charge is 2.07. The van der Waals surface area contributed by atoms with Crippen molar-refractivity contribution < 1.29 is 13.2 Å². The topological polar surface area (TPSA) is 37.8 Å². The largest absolute Gasteiger partial charge is 0.367 e. The van der Waals surface area contributed by atoms with Crippen molar-refractivity contribution in [2.24, 2.45) is 0 Å². The number of aromatic nitrogens is 2. The number of hydrogen-bond acceptors (Lipinski definition) is 3. The lowest BCUT2D eigenvalue weighted by molar-refractivity contribution is 0.142. The van der Waals surface area contributed by atoms with Gasteiger partial charge in [0.15, 0.2) is 11.6 Å². The molecule has 0 aliphatic heterocycles. The van der Waals surface area contributed by atoms with E-state index in [1.54, 1.807) is 0 Å². The summed E-state index contributed by atoms with van der Waals surface area (Å²) in [6.45, 7) is 1.47. The number of alkyl halides is 2. The summed E-state index contributed by atoms with van der Waals surface area (Å²) in [4.78, 5) is 7.20. The summed E-state index contributed by atoms with van der Waals surface area (Å²) < 4.78 is 36.7. The molecule has 1 aromatic heterocycles. The molecule has 0 aromatic carbocycles. The van der Waals surface area contributed by atoms with Gasteiger partial charge in [0.25, 0.3) is 0 Å². The molecule has 78 valence electrons. The first-order valence-electron chi connectivity index (χ1n) is 4.10. The molecule has 14 heavy (non-hydrogen) atoms. The normalized spacial score (nSPS) is 10.6. The maximum atomic E-state index is 13.2. The molecule has 0 radical (unpaired) electrons. The lowest BCUT2D eigenvalue weighted by atomic mass is 10.4. The Morgan fingerprint density at radius 1 is 1.43 bits per heavy atom. The van der Waals surface area contributed by atoms with Crippen molar-refractivity contribution in [1.29, 1.82) is 0 Å². The second-order valence-corrected chi connectivity index (χ2v) is 2.73. The predicted octanol–water partition coefficient (Wildman–Crippen LogP) is 1.99. The van der Waals surface area contributed by atoms with E-state index in [1.165, 1.54) is 13.3 Å². The van der Waals surface area contributed by atoms with Gasteiger partial charge in [-0.1, -0.05) is 0 Å². The van der Waals surface area contributed by atoms with Gasteiger partial charge in [0, 0.05) is 13.0 Å². The number of aryl methyl sites for hydroxylation is 1. The summed E-state index contributed by atoms with van der Waals surface area (Å²) in [5.41, 5.74) is 0.194. The molecule has 6 heteroatoms. The quantitative estimate of drug-likeness (QED) is 0.816. The minimum absolute atomic E-state index is 0.00889. The summed E-state index contributed by atoms with van der Waals surface area (Å²) in [5.74, 6) is -0.625. The van der Waals surface area contributed by atoms with Crippen LogP contribution in [0.5, 0.6) is 0 Å². The Bertz CT molecular complexity index is 304. The summed E-state index contributed by atoms with van der Waals surface area (Å²) in [5, 5.41) is 2.48. The minimum atomic E-state index is -2.39. The van der Waals surface area contributed by atoms with E-state index in [1.807, 2.05) is 0 Å². The van der Waals surface area contributed by atoms with Gasteiger partial charge in [0.05, 0.1) is 5.69 Å². The fourth-order valence-electron chi connectivity index (χ4n) is 0.881. The van der Waals surface area contributed by atoms with Crippen LogP contribution in [0.1, 0.15) is 12.1 Å². The van der Waals surface area contributed by atoms with Crippen LogP contribution >= 0.6 is 0 Å². The molecule has 0 unspecified atom stereocenters. The Kier molecular flexibility index (Phi) is 3.67. The summed E-state index contributed by atoms with van der Waals surface area (Å²) in [6.07, 6.45) is -1.54. The van der Waals surface area contributed by atoms with Crippen LogP contribution in [-0.4, -0.2) is 22.9 Å². The van der Waals surface area contributed by atoms with Crippen molar-refractivity contribution in [3.05, 3.63) is 17.8 Å². The van der Waals surface area contributed by atoms with Crippen molar-refractivity contribution in [1.82, 2.24) is 9.97 Å². The third-order valence-corrected chi connectivity index (χ3v) is 1.62. The first kappa shape index (κ1) is 10.7. The van der Waals surface area contributed by atoms with Crippen LogP contribution in [0.4, 0.5) is 19.0 Å². The van der Waals surface area contributed by atoms with Crippen molar-refractivity contribution in [3.63, 3.8) is 0 Å². The van der Waals surface area contributed by atoms with Gasteiger partial charge >= 0.3 is 0 Å². The van der Waals surface area contributed by atoms with Gasteiger partial charge < -0.3 is 5.32 Å². The monoisotopic (exact) mass is 205 g/mol. The lowest BCUT2D eigenvalue weighted by Crippen LogP contribution is -2.09. The molecular formula is C8H10F3N3. The van der Waals surface area contributed by atoms with Gasteiger partial charge in [0.1, 0.15) is 6.33 Å². The molecule has 0 amide bonds. The molecule has 0 aliphatic carbocycles. The number of nitrogens with one attached hydrogen (secondary N) is 1. The second-order valence-electron chi connectivity index (χ2n) is 2.73. The zero-order valence-electron chi connectivity index (χ0n) is 7.60. The van der Waals surface area contributed by atoms with E-state index >= 15 is 0 Å². The Hall–Kier alpha value is -1.33. The van der Waals surface area contributed by atoms with Gasteiger partial charge in [-0.05, 0) is 6.92 Å². The van der Waals surface area contributed by atoms with Crippen LogP contribution in [0.2, 0.25) is 0 Å². The molecule has 1 aromatic rings. The van der Waals surface area contributed by atoms with E-state index in [2.05, 4.69) is 15.3 Å². The number of anilines is 1. The number of nitrogens with zero attached hydrogens (tertiary/aromatic N) is 2. The number of rotatable bonds is 4. The highest BCUT2D eigenvalue weighted by Crippen LogP contribution is 2.11. The second kappa shape index (κ2) is 4.78. The first-order chi connectivity index (χ1) is 6.61. The summed E-state index contributed by atoms with van der Waals surface area (Å²) in [6, 6.07) is 0.